The predicted molar refractivity (Wildman–Crippen MR) is 300 cm³/mol. The van der Waals surface area contributed by atoms with Gasteiger partial charge in [0.15, 0.2) is 5.92 Å². The Morgan fingerprint density at radius 1 is 0.442 bits per heavy atom. The van der Waals surface area contributed by atoms with Crippen molar-refractivity contribution in [2.24, 2.45) is 5.92 Å². The van der Waals surface area contributed by atoms with Crippen LogP contribution in [0.1, 0.15) is 84.7 Å². The van der Waals surface area contributed by atoms with Gasteiger partial charge in [0, 0.05) is 116 Å². The fourth-order valence-electron chi connectivity index (χ4n) is 6.60. The SMILES string of the molecule is COC(=O)C(CCc1ccccn1)C(=O)OC.COC(=O)CCCc1ccccn1.ClCCc1ccccn1.OCCCCc1ccccn1.OCCc1ccccn1.c1ccc(COCCCCc2ccccn2)cc1. The molecule has 0 fully saturated rings. The summed E-state index contributed by atoms with van der Waals surface area (Å²) in [6, 6.07) is 45.1. The maximum atomic E-state index is 11.4. The van der Waals surface area contributed by atoms with E-state index < -0.39 is 17.9 Å². The van der Waals surface area contributed by atoms with E-state index in [-0.39, 0.29) is 19.2 Å². The van der Waals surface area contributed by atoms with E-state index in [4.69, 9.17) is 26.6 Å². The van der Waals surface area contributed by atoms with Gasteiger partial charge in [-0.3, -0.25) is 44.3 Å². The van der Waals surface area contributed by atoms with Gasteiger partial charge in [-0.05, 0) is 143 Å². The zero-order valence-corrected chi connectivity index (χ0v) is 45.6. The zero-order valence-electron chi connectivity index (χ0n) is 44.9. The smallest absolute Gasteiger partial charge is 0.320 e. The number of carbonyl (C=O) groups excluding carboxylic acids is 3. The number of aliphatic hydroxyl groups is 2. The van der Waals surface area contributed by atoms with E-state index in [9.17, 15) is 14.4 Å². The first-order chi connectivity index (χ1) is 37.8. The summed E-state index contributed by atoms with van der Waals surface area (Å²) < 4.78 is 19.3. The van der Waals surface area contributed by atoms with Crippen molar-refractivity contribution >= 4 is 29.5 Å². The van der Waals surface area contributed by atoms with Crippen LogP contribution >= 0.6 is 11.6 Å². The van der Waals surface area contributed by atoms with Crippen LogP contribution < -0.4 is 0 Å². The van der Waals surface area contributed by atoms with Crippen molar-refractivity contribution in [3.8, 4) is 0 Å². The van der Waals surface area contributed by atoms with Crippen LogP contribution in [0.15, 0.2) is 177 Å². The molecule has 0 radical (unpaired) electrons. The van der Waals surface area contributed by atoms with Crippen molar-refractivity contribution in [1.82, 2.24) is 29.9 Å². The summed E-state index contributed by atoms with van der Waals surface area (Å²) >= 11 is 5.50. The molecule has 0 aliphatic rings. The Bertz CT molecular complexity index is 2360. The molecule has 0 saturated carbocycles. The van der Waals surface area contributed by atoms with Crippen molar-refractivity contribution in [2.45, 2.75) is 90.1 Å². The van der Waals surface area contributed by atoms with Crippen molar-refractivity contribution in [3.63, 3.8) is 0 Å². The van der Waals surface area contributed by atoms with Gasteiger partial charge in [-0.15, -0.1) is 11.6 Å². The van der Waals surface area contributed by atoms with Crippen LogP contribution in [0.5, 0.6) is 0 Å². The van der Waals surface area contributed by atoms with E-state index in [1.165, 1.54) is 32.6 Å². The topological polar surface area (TPSA) is 206 Å². The van der Waals surface area contributed by atoms with Crippen LogP contribution in [0.2, 0.25) is 0 Å². The molecule has 77 heavy (non-hydrogen) atoms. The van der Waals surface area contributed by atoms with Crippen molar-refractivity contribution in [1.29, 1.82) is 0 Å². The number of alkyl halides is 1. The molecule has 2 N–H and O–H groups in total. The molecule has 0 atom stereocenters. The molecule has 0 amide bonds. The highest BCUT2D eigenvalue weighted by molar-refractivity contribution is 6.17. The minimum absolute atomic E-state index is 0.157. The largest absolute Gasteiger partial charge is 0.469 e. The molecule has 7 aromatic rings. The second kappa shape index (κ2) is 46.0. The molecule has 6 aromatic heterocycles. The molecule has 1 aromatic carbocycles. The number of hydrogen-bond acceptors (Lipinski definition) is 15. The van der Waals surface area contributed by atoms with Crippen LogP contribution in [-0.4, -0.2) is 105 Å². The number of carbonyl (C=O) groups is 3. The molecule has 7 rings (SSSR count). The highest BCUT2D eigenvalue weighted by Crippen LogP contribution is 2.12. The average Bonchev–Trinajstić information content (AvgIpc) is 3.49. The van der Waals surface area contributed by atoms with Crippen molar-refractivity contribution in [3.05, 3.63) is 216 Å². The lowest BCUT2D eigenvalue weighted by molar-refractivity contribution is -0.159. The lowest BCUT2D eigenvalue weighted by atomic mass is 10.0. The highest BCUT2D eigenvalue weighted by atomic mass is 35.5. The molecule has 16 heteroatoms. The predicted octanol–water partition coefficient (Wildman–Crippen LogP) is 10.1. The van der Waals surface area contributed by atoms with E-state index in [1.54, 1.807) is 31.0 Å². The monoisotopic (exact) mass is 1070 g/mol. The number of halogens is 1. The average molecular weight is 1070 g/mol. The first kappa shape index (κ1) is 65.8. The van der Waals surface area contributed by atoms with Crippen LogP contribution in [-0.2, 0) is 78.5 Å². The second-order valence-corrected chi connectivity index (χ2v) is 17.0. The first-order valence-electron chi connectivity index (χ1n) is 25.8. The Morgan fingerprint density at radius 2 is 0.831 bits per heavy atom. The molecule has 6 heterocycles. The Morgan fingerprint density at radius 3 is 1.21 bits per heavy atom. The summed E-state index contributed by atoms with van der Waals surface area (Å²) in [7, 11) is 3.90. The minimum atomic E-state index is -0.882. The molecule has 0 bridgehead atoms. The molecular formula is C61H77ClN6O9. The van der Waals surface area contributed by atoms with Crippen LogP contribution in [0.4, 0.5) is 0 Å². The lowest BCUT2D eigenvalue weighted by Gasteiger charge is -2.11. The Kier molecular flexibility index (Phi) is 39.3. The summed E-state index contributed by atoms with van der Waals surface area (Å²) in [5, 5.41) is 17.0. The van der Waals surface area contributed by atoms with Gasteiger partial charge in [0.1, 0.15) is 0 Å². The van der Waals surface area contributed by atoms with Gasteiger partial charge < -0.3 is 29.2 Å². The van der Waals surface area contributed by atoms with E-state index in [0.29, 0.717) is 38.2 Å². The van der Waals surface area contributed by atoms with Gasteiger partial charge in [-0.2, -0.15) is 0 Å². The fraction of sp³-hybridized carbons (Fsp3) is 0.361. The maximum absolute atomic E-state index is 11.4. The molecule has 0 aliphatic heterocycles. The van der Waals surface area contributed by atoms with E-state index in [0.717, 1.165) is 92.9 Å². The Labute approximate surface area is 460 Å². The molecular weight excluding hydrogens is 996 g/mol. The standard InChI is InChI=1S/C16H19NO.C12H15NO4.C10H13NO2.C9H13NO.C7H8ClN.C7H9NO/c1-2-8-15(9-3-1)14-18-13-7-5-11-16-10-4-6-12-17-16;1-16-11(14)10(12(15)17-2)7-6-9-5-3-4-8-13-9;1-13-10(12)7-4-6-9-5-2-3-8-11-9;11-8-4-2-6-9-5-1-3-7-10-9;8-5-4-7-3-1-2-6-9-7;9-6-4-7-3-1-2-5-8-7/h1-4,6,8-10,12H,5,7,11,13-14H2;3-5,8,10H,6-7H2,1-2H3;2-3,5,8H,4,6-7H2,1H3;1,3,5,7,11H,2,4,6,8H2;1-3,6H,4-5H2;1-3,5,9H,4,6H2. The quantitative estimate of drug-likeness (QED) is 0.0190. The van der Waals surface area contributed by atoms with Gasteiger partial charge in [0.05, 0.1) is 27.9 Å². The summed E-state index contributed by atoms with van der Waals surface area (Å²) in [4.78, 5) is 58.4. The number of unbranched alkanes of at least 4 members (excludes halogenated alkanes) is 2. The molecule has 0 spiro atoms. The number of hydrogen-bond donors (Lipinski definition) is 2. The number of aliphatic hydroxyl groups excluding tert-OH is 2. The first-order valence-corrected chi connectivity index (χ1v) is 26.3. The summed E-state index contributed by atoms with van der Waals surface area (Å²) in [6.45, 7) is 2.00. The summed E-state index contributed by atoms with van der Waals surface area (Å²) in [5.74, 6) is -1.54. The van der Waals surface area contributed by atoms with Crippen molar-refractivity contribution < 1.29 is 43.5 Å². The molecule has 0 saturated heterocycles. The van der Waals surface area contributed by atoms with Crippen LogP contribution in [0, 0.1) is 5.92 Å². The highest BCUT2D eigenvalue weighted by Gasteiger charge is 2.28. The number of methoxy groups -OCH3 is 3. The summed E-state index contributed by atoms with van der Waals surface area (Å²) in [6.07, 6.45) is 21.2. The molecule has 0 unspecified atom stereocenters. The van der Waals surface area contributed by atoms with Gasteiger partial charge in [0.2, 0.25) is 0 Å². The van der Waals surface area contributed by atoms with E-state index >= 15 is 0 Å². The Hall–Kier alpha value is -7.30. The number of benzene rings is 1. The zero-order chi connectivity index (χ0) is 55.7. The third-order valence-corrected chi connectivity index (χ3v) is 10.9. The van der Waals surface area contributed by atoms with E-state index in [2.05, 4.69) is 62.3 Å². The number of esters is 3. The lowest BCUT2D eigenvalue weighted by Crippen LogP contribution is -2.27. The molecule has 15 nitrogen and oxygen atoms in total. The van der Waals surface area contributed by atoms with Gasteiger partial charge in [-0.25, -0.2) is 0 Å². The van der Waals surface area contributed by atoms with Crippen LogP contribution in [0.3, 0.4) is 0 Å². The van der Waals surface area contributed by atoms with Crippen LogP contribution in [0.25, 0.3) is 0 Å². The van der Waals surface area contributed by atoms with Gasteiger partial charge in [-0.1, -0.05) is 66.7 Å². The number of pyridine rings is 6. The third-order valence-electron chi connectivity index (χ3n) is 10.7. The normalized spacial score (nSPS) is 9.91. The summed E-state index contributed by atoms with van der Waals surface area (Å²) in [5.41, 5.74) is 7.37. The van der Waals surface area contributed by atoms with E-state index in [1.807, 2.05) is 128 Å². The number of nitrogens with zero attached hydrogens (tertiary/aromatic N) is 6. The number of aryl methyl sites for hydroxylation is 5. The number of rotatable bonds is 24. The molecule has 412 valence electrons. The molecule has 0 aliphatic carbocycles. The minimum Gasteiger partial charge on any atom is -0.469 e. The Balaban J connectivity index is 0.000000322. The fourth-order valence-corrected chi connectivity index (χ4v) is 6.80. The third kappa shape index (κ3) is 34.8. The van der Waals surface area contributed by atoms with Gasteiger partial charge in [0.25, 0.3) is 0 Å². The second-order valence-electron chi connectivity index (χ2n) is 16.6. The number of aromatic nitrogens is 6. The van der Waals surface area contributed by atoms with Crippen molar-refractivity contribution in [2.75, 3.05) is 47.0 Å². The number of ether oxygens (including phenoxy) is 4. The maximum Gasteiger partial charge on any atom is 0.320 e. The van der Waals surface area contributed by atoms with Gasteiger partial charge >= 0.3 is 17.9 Å².